The van der Waals surface area contributed by atoms with E-state index in [4.69, 9.17) is 16.4 Å². The van der Waals surface area contributed by atoms with E-state index < -0.39 is 5.97 Å². The number of nitrogens with zero attached hydrogens (tertiary/aromatic N) is 1. The molecule has 2 aromatic carbocycles. The SMILES string of the molecule is C/C(=N\OC(=O)c1ccccc1)c1sc2ccc(Cl)cc2c1C. The second-order valence-electron chi connectivity index (χ2n) is 5.12. The molecule has 116 valence electrons. The van der Waals surface area contributed by atoms with Gasteiger partial charge in [0.2, 0.25) is 0 Å². The van der Waals surface area contributed by atoms with Gasteiger partial charge in [-0.3, -0.25) is 0 Å². The molecule has 1 aromatic heterocycles. The molecule has 0 bridgehead atoms. The van der Waals surface area contributed by atoms with Crippen LogP contribution in [0.4, 0.5) is 0 Å². The standard InChI is InChI=1S/C18H14ClNO2S/c1-11-15-10-14(19)8-9-16(15)23-17(11)12(2)20-22-18(21)13-6-4-3-5-7-13/h3-10H,1-2H3/b20-12+. The first-order valence-corrected chi connectivity index (χ1v) is 8.25. The Labute approximate surface area is 143 Å². The first-order valence-electron chi connectivity index (χ1n) is 7.06. The molecule has 0 spiro atoms. The zero-order valence-corrected chi connectivity index (χ0v) is 14.2. The lowest BCUT2D eigenvalue weighted by atomic mass is 10.1. The molecule has 0 aliphatic rings. The molecule has 0 atom stereocenters. The Bertz CT molecular complexity index is 900. The topological polar surface area (TPSA) is 38.7 Å². The van der Waals surface area contributed by atoms with E-state index in [1.54, 1.807) is 35.6 Å². The van der Waals surface area contributed by atoms with Crippen LogP contribution in [0.2, 0.25) is 5.02 Å². The molecule has 23 heavy (non-hydrogen) atoms. The Hall–Kier alpha value is -2.17. The van der Waals surface area contributed by atoms with Crippen molar-refractivity contribution in [1.29, 1.82) is 0 Å². The molecule has 0 unspecified atom stereocenters. The zero-order valence-electron chi connectivity index (χ0n) is 12.7. The van der Waals surface area contributed by atoms with Crippen LogP contribution in [0.5, 0.6) is 0 Å². The Morgan fingerprint density at radius 2 is 1.91 bits per heavy atom. The van der Waals surface area contributed by atoms with Gasteiger partial charge in [-0.15, -0.1) is 11.3 Å². The summed E-state index contributed by atoms with van der Waals surface area (Å²) in [7, 11) is 0. The smallest absolute Gasteiger partial charge is 0.313 e. The normalized spacial score (nSPS) is 11.7. The summed E-state index contributed by atoms with van der Waals surface area (Å²) in [4.78, 5) is 18.0. The monoisotopic (exact) mass is 343 g/mol. The predicted octanol–water partition coefficient (Wildman–Crippen LogP) is 5.44. The number of oxime groups is 1. The molecule has 0 aliphatic carbocycles. The van der Waals surface area contributed by atoms with Gasteiger partial charge >= 0.3 is 5.97 Å². The van der Waals surface area contributed by atoms with Crippen molar-refractivity contribution in [2.24, 2.45) is 5.16 Å². The number of rotatable bonds is 3. The number of hydrogen-bond donors (Lipinski definition) is 0. The first-order chi connectivity index (χ1) is 11.1. The average molecular weight is 344 g/mol. The molecule has 0 saturated heterocycles. The molecule has 1 heterocycles. The van der Waals surface area contributed by atoms with E-state index in [0.29, 0.717) is 16.3 Å². The second-order valence-corrected chi connectivity index (χ2v) is 6.61. The Kier molecular flexibility index (Phi) is 4.46. The Balaban J connectivity index is 1.87. The summed E-state index contributed by atoms with van der Waals surface area (Å²) in [5.41, 5.74) is 2.23. The van der Waals surface area contributed by atoms with Gasteiger partial charge in [0.15, 0.2) is 0 Å². The fourth-order valence-electron chi connectivity index (χ4n) is 2.32. The highest BCUT2D eigenvalue weighted by atomic mass is 35.5. The lowest BCUT2D eigenvalue weighted by Crippen LogP contribution is -2.03. The molecular weight excluding hydrogens is 330 g/mol. The molecule has 0 saturated carbocycles. The number of aryl methyl sites for hydroxylation is 1. The number of hydrogen-bond acceptors (Lipinski definition) is 4. The van der Waals surface area contributed by atoms with Gasteiger partial charge in [0.05, 0.1) is 16.2 Å². The Morgan fingerprint density at radius 1 is 1.17 bits per heavy atom. The largest absolute Gasteiger partial charge is 0.365 e. The van der Waals surface area contributed by atoms with Gasteiger partial charge in [0.25, 0.3) is 0 Å². The lowest BCUT2D eigenvalue weighted by molar-refractivity contribution is 0.0516. The number of thiophene rings is 1. The summed E-state index contributed by atoms with van der Waals surface area (Å²) >= 11 is 7.66. The third-order valence-corrected chi connectivity index (χ3v) is 5.12. The molecule has 0 aliphatic heterocycles. The molecule has 0 N–H and O–H groups in total. The molecule has 5 heteroatoms. The van der Waals surface area contributed by atoms with Crippen LogP contribution in [0, 0.1) is 6.92 Å². The fraction of sp³-hybridized carbons (Fsp3) is 0.111. The molecule has 0 radical (unpaired) electrons. The highest BCUT2D eigenvalue weighted by molar-refractivity contribution is 7.21. The number of halogens is 1. The van der Waals surface area contributed by atoms with Crippen LogP contribution in [-0.4, -0.2) is 11.7 Å². The molecule has 3 aromatic rings. The third kappa shape index (κ3) is 3.28. The van der Waals surface area contributed by atoms with E-state index in [1.807, 2.05) is 38.1 Å². The third-order valence-electron chi connectivity index (χ3n) is 3.50. The van der Waals surface area contributed by atoms with Gasteiger partial charge in [0, 0.05) is 9.72 Å². The summed E-state index contributed by atoms with van der Waals surface area (Å²) in [5, 5.41) is 5.80. The van der Waals surface area contributed by atoms with Crippen LogP contribution in [0.25, 0.3) is 10.1 Å². The minimum Gasteiger partial charge on any atom is -0.313 e. The van der Waals surface area contributed by atoms with E-state index in [-0.39, 0.29) is 0 Å². The van der Waals surface area contributed by atoms with Gasteiger partial charge in [-0.05, 0) is 55.1 Å². The van der Waals surface area contributed by atoms with E-state index in [9.17, 15) is 4.79 Å². The van der Waals surface area contributed by atoms with Crippen molar-refractivity contribution in [3.63, 3.8) is 0 Å². The van der Waals surface area contributed by atoms with Crippen molar-refractivity contribution < 1.29 is 9.63 Å². The zero-order chi connectivity index (χ0) is 16.4. The van der Waals surface area contributed by atoms with Gasteiger partial charge in [-0.2, -0.15) is 0 Å². The van der Waals surface area contributed by atoms with Gasteiger partial charge in [-0.1, -0.05) is 35.0 Å². The van der Waals surface area contributed by atoms with Crippen LogP contribution < -0.4 is 0 Å². The molecular formula is C18H14ClNO2S. The Morgan fingerprint density at radius 3 is 2.65 bits per heavy atom. The molecule has 3 rings (SSSR count). The highest BCUT2D eigenvalue weighted by Crippen LogP contribution is 2.33. The fourth-order valence-corrected chi connectivity index (χ4v) is 3.61. The predicted molar refractivity (Wildman–Crippen MR) is 95.6 cm³/mol. The maximum absolute atomic E-state index is 11.9. The average Bonchev–Trinajstić information content (AvgIpc) is 2.90. The van der Waals surface area contributed by atoms with Crippen molar-refractivity contribution in [3.05, 3.63) is 69.6 Å². The van der Waals surface area contributed by atoms with Gasteiger partial charge in [0.1, 0.15) is 0 Å². The minimum atomic E-state index is -0.466. The van der Waals surface area contributed by atoms with Crippen LogP contribution in [0.3, 0.4) is 0 Å². The van der Waals surface area contributed by atoms with E-state index in [1.165, 1.54) is 0 Å². The first kappa shape index (κ1) is 15.7. The highest BCUT2D eigenvalue weighted by Gasteiger charge is 2.13. The maximum Gasteiger partial charge on any atom is 0.365 e. The number of carbonyl (C=O) groups is 1. The van der Waals surface area contributed by atoms with Crippen LogP contribution in [0.15, 0.2) is 53.7 Å². The van der Waals surface area contributed by atoms with Gasteiger partial charge < -0.3 is 4.84 Å². The lowest BCUT2D eigenvalue weighted by Gasteiger charge is -2.00. The van der Waals surface area contributed by atoms with Crippen LogP contribution in [0.1, 0.15) is 27.7 Å². The van der Waals surface area contributed by atoms with Crippen molar-refractivity contribution in [2.75, 3.05) is 0 Å². The van der Waals surface area contributed by atoms with E-state index in [2.05, 4.69) is 5.16 Å². The summed E-state index contributed by atoms with van der Waals surface area (Å²) in [6.07, 6.45) is 0. The van der Waals surface area contributed by atoms with Gasteiger partial charge in [-0.25, -0.2) is 4.79 Å². The summed E-state index contributed by atoms with van der Waals surface area (Å²) in [5.74, 6) is -0.466. The van der Waals surface area contributed by atoms with E-state index in [0.717, 1.165) is 20.5 Å². The van der Waals surface area contributed by atoms with Crippen LogP contribution in [-0.2, 0) is 4.84 Å². The minimum absolute atomic E-state index is 0.466. The van der Waals surface area contributed by atoms with Crippen molar-refractivity contribution in [3.8, 4) is 0 Å². The maximum atomic E-state index is 11.9. The summed E-state index contributed by atoms with van der Waals surface area (Å²) in [6.45, 7) is 3.85. The second kappa shape index (κ2) is 6.52. The van der Waals surface area contributed by atoms with E-state index >= 15 is 0 Å². The number of carbonyl (C=O) groups excluding carboxylic acids is 1. The summed E-state index contributed by atoms with van der Waals surface area (Å²) < 4.78 is 1.13. The van der Waals surface area contributed by atoms with Crippen molar-refractivity contribution in [1.82, 2.24) is 0 Å². The quantitative estimate of drug-likeness (QED) is 0.360. The summed E-state index contributed by atoms with van der Waals surface area (Å²) in [6, 6.07) is 14.6. The van der Waals surface area contributed by atoms with Crippen molar-refractivity contribution >= 4 is 44.7 Å². The molecule has 3 nitrogen and oxygen atoms in total. The van der Waals surface area contributed by atoms with Crippen LogP contribution >= 0.6 is 22.9 Å². The number of benzene rings is 2. The molecule has 0 amide bonds. The molecule has 0 fully saturated rings. The van der Waals surface area contributed by atoms with Crippen molar-refractivity contribution in [2.45, 2.75) is 13.8 Å². The number of fused-ring (bicyclic) bond motifs is 1.